The lowest BCUT2D eigenvalue weighted by Crippen LogP contribution is -2.57. The van der Waals surface area contributed by atoms with Crippen molar-refractivity contribution in [2.75, 3.05) is 19.7 Å². The van der Waals surface area contributed by atoms with Gasteiger partial charge in [0.05, 0.1) is 0 Å². The molecule has 0 spiro atoms. The van der Waals surface area contributed by atoms with Crippen molar-refractivity contribution in [3.63, 3.8) is 0 Å². The number of carboxylic acids is 1. The van der Waals surface area contributed by atoms with Crippen molar-refractivity contribution in [1.82, 2.24) is 20.9 Å². The number of ether oxygens (including phenoxy) is 1. The fourth-order valence-corrected chi connectivity index (χ4v) is 7.53. The van der Waals surface area contributed by atoms with Gasteiger partial charge in [0.2, 0.25) is 23.6 Å². The zero-order valence-corrected chi connectivity index (χ0v) is 31.5. The Hall–Kier alpha value is -5.93. The maximum absolute atomic E-state index is 14.2. The predicted molar refractivity (Wildman–Crippen MR) is 207 cm³/mol. The molecule has 2 fully saturated rings. The number of carbonyl (C=O) groups excluding carboxylic acids is 4. The van der Waals surface area contributed by atoms with Crippen LogP contribution in [0, 0.1) is 0 Å². The van der Waals surface area contributed by atoms with Gasteiger partial charge in [0.15, 0.2) is 5.96 Å². The Labute approximate surface area is 325 Å². The number of aliphatic carboxylic acids is 1. The minimum Gasteiger partial charge on any atom is -0.599 e. The number of hydrogen-bond donors (Lipinski definition) is 6. The zero-order chi connectivity index (χ0) is 40.2. The quantitative estimate of drug-likeness (QED) is 0.0866. The lowest BCUT2D eigenvalue weighted by molar-refractivity contribution is -0.251. The third-order valence-electron chi connectivity index (χ3n) is 10.4. The number of fused-ring (bicyclic) bond motifs is 4. The SMILES string of the molecule is CC=CC[C@@H]1NC(=O)C2CCCN2C(=O)[C@@H](N=C([O-])OCC2c3ccccc3-c3ccccc32)CCCC[C@@H](C(=O)O)NC(=O)[C@H](CCCN=C(N)N)NC1=O. The summed E-state index contributed by atoms with van der Waals surface area (Å²) in [5.74, 6) is -4.15. The van der Waals surface area contributed by atoms with Crippen LogP contribution in [0.3, 0.4) is 0 Å². The van der Waals surface area contributed by atoms with E-state index >= 15 is 0 Å². The second-order valence-electron chi connectivity index (χ2n) is 14.2. The summed E-state index contributed by atoms with van der Waals surface area (Å²) in [6.45, 7) is 2.15. The largest absolute Gasteiger partial charge is 0.599 e. The number of nitrogens with two attached hydrogens (primary N) is 2. The average molecular weight is 772 g/mol. The summed E-state index contributed by atoms with van der Waals surface area (Å²) in [4.78, 5) is 77.0. The van der Waals surface area contributed by atoms with Gasteiger partial charge in [0, 0.05) is 25.6 Å². The van der Waals surface area contributed by atoms with E-state index in [4.69, 9.17) is 16.2 Å². The monoisotopic (exact) mass is 771 g/mol. The molecule has 4 amide bonds. The van der Waals surface area contributed by atoms with E-state index in [9.17, 15) is 34.2 Å². The van der Waals surface area contributed by atoms with Gasteiger partial charge >= 0.3 is 5.97 Å². The summed E-state index contributed by atoms with van der Waals surface area (Å²) in [6, 6.07) is 10.0. The molecule has 1 unspecified atom stereocenters. The van der Waals surface area contributed by atoms with Crippen molar-refractivity contribution in [2.45, 2.75) is 101 Å². The average Bonchev–Trinajstić information content (AvgIpc) is 3.80. The van der Waals surface area contributed by atoms with E-state index in [-0.39, 0.29) is 76.5 Å². The molecule has 5 rings (SSSR count). The van der Waals surface area contributed by atoms with Crippen LogP contribution in [0.5, 0.6) is 0 Å². The van der Waals surface area contributed by atoms with Crippen LogP contribution in [0.15, 0.2) is 70.7 Å². The Morgan fingerprint density at radius 1 is 0.911 bits per heavy atom. The summed E-state index contributed by atoms with van der Waals surface area (Å²) < 4.78 is 5.71. The lowest BCUT2D eigenvalue weighted by Gasteiger charge is -2.29. The fourth-order valence-electron chi connectivity index (χ4n) is 7.53. The van der Waals surface area contributed by atoms with Gasteiger partial charge in [-0.2, -0.15) is 0 Å². The van der Waals surface area contributed by atoms with Gasteiger partial charge < -0.3 is 47.3 Å². The molecule has 0 aromatic heterocycles. The van der Waals surface area contributed by atoms with E-state index in [1.165, 1.54) is 4.90 Å². The summed E-state index contributed by atoms with van der Waals surface area (Å²) in [5.41, 5.74) is 15.0. The maximum Gasteiger partial charge on any atom is 0.326 e. The Balaban J connectivity index is 1.39. The molecule has 56 heavy (non-hydrogen) atoms. The van der Waals surface area contributed by atoms with Crippen LogP contribution in [0.2, 0.25) is 0 Å². The fraction of sp³-hybridized carbons (Fsp3) is 0.475. The first-order valence-corrected chi connectivity index (χ1v) is 19.1. The predicted octanol–water partition coefficient (Wildman–Crippen LogP) is 1.02. The smallest absolute Gasteiger partial charge is 0.326 e. The second-order valence-corrected chi connectivity index (χ2v) is 14.2. The van der Waals surface area contributed by atoms with Crippen LogP contribution in [0.1, 0.15) is 81.8 Å². The Kier molecular flexibility index (Phi) is 14.4. The van der Waals surface area contributed by atoms with E-state index in [1.807, 2.05) is 48.5 Å². The van der Waals surface area contributed by atoms with Crippen molar-refractivity contribution < 1.29 is 38.9 Å². The van der Waals surface area contributed by atoms with Crippen molar-refractivity contribution in [3.8, 4) is 11.1 Å². The third kappa shape index (κ3) is 10.4. The molecule has 16 heteroatoms. The minimum absolute atomic E-state index is 0.00209. The van der Waals surface area contributed by atoms with Crippen LogP contribution in [-0.4, -0.2) is 102 Å². The van der Waals surface area contributed by atoms with Gasteiger partial charge in [-0.25, -0.2) is 4.79 Å². The molecule has 8 N–H and O–H groups in total. The van der Waals surface area contributed by atoms with E-state index in [0.717, 1.165) is 22.3 Å². The normalized spacial score (nSPS) is 24.0. The number of hydrogen-bond acceptors (Lipinski definition) is 9. The summed E-state index contributed by atoms with van der Waals surface area (Å²) >= 11 is 0. The number of carboxylic acid groups (broad SMARTS) is 1. The number of nitrogens with one attached hydrogen (secondary N) is 3. The number of benzene rings is 2. The standard InChI is InChI=1S/C40H52N8O8/c1-2-3-16-29-34(49)44-30(19-10-21-43-39(41)42)35(50)46-32(38(53)54)18-9-8-17-31(37(52)48-22-11-20-33(48)36(51)45-29)47-40(55)56-23-28-26-14-6-4-12-24(26)25-13-5-7-15-27(25)28/h2-7,12-15,28-33H,8-11,16-23H2,1H3,(H,44,49)(H,45,51)(H,46,50)(H,47,55)(H,53,54)(H4,41,42,43)/p-1/t29-,30-,31-,32-,33?/m0/s1. The highest BCUT2D eigenvalue weighted by Gasteiger charge is 2.39. The molecular formula is C40H51N8O8-. The van der Waals surface area contributed by atoms with Crippen LogP contribution in [-0.2, 0) is 28.7 Å². The molecule has 2 aliphatic heterocycles. The lowest BCUT2D eigenvalue weighted by atomic mass is 9.98. The Morgan fingerprint density at radius 2 is 1.55 bits per heavy atom. The van der Waals surface area contributed by atoms with Crippen molar-refractivity contribution >= 4 is 41.6 Å². The summed E-state index contributed by atoms with van der Waals surface area (Å²) in [5, 5.41) is 31.3. The van der Waals surface area contributed by atoms with Crippen molar-refractivity contribution in [2.24, 2.45) is 21.5 Å². The molecule has 5 atom stereocenters. The topological polar surface area (TPSA) is 254 Å². The molecule has 0 saturated carbocycles. The number of rotatable bonds is 10. The van der Waals surface area contributed by atoms with Crippen molar-refractivity contribution in [1.29, 1.82) is 0 Å². The zero-order valence-electron chi connectivity index (χ0n) is 31.5. The van der Waals surface area contributed by atoms with Crippen LogP contribution >= 0.6 is 0 Å². The van der Waals surface area contributed by atoms with E-state index in [2.05, 4.69) is 25.9 Å². The Morgan fingerprint density at radius 3 is 2.21 bits per heavy atom. The van der Waals surface area contributed by atoms with Gasteiger partial charge in [0.1, 0.15) is 36.3 Å². The highest BCUT2D eigenvalue weighted by atomic mass is 16.6. The molecule has 0 radical (unpaired) electrons. The highest BCUT2D eigenvalue weighted by molar-refractivity contribution is 5.96. The van der Waals surface area contributed by atoms with Gasteiger partial charge in [-0.05, 0) is 74.1 Å². The van der Waals surface area contributed by atoms with Crippen LogP contribution in [0.4, 0.5) is 0 Å². The summed E-state index contributed by atoms with van der Waals surface area (Å²) in [6.07, 6.45) is 4.31. The van der Waals surface area contributed by atoms with Gasteiger partial charge in [-0.3, -0.25) is 29.2 Å². The first-order chi connectivity index (χ1) is 27.0. The van der Waals surface area contributed by atoms with Gasteiger partial charge in [-0.1, -0.05) is 73.5 Å². The first-order valence-electron chi connectivity index (χ1n) is 19.1. The first kappa shape index (κ1) is 41.2. The van der Waals surface area contributed by atoms with E-state index in [0.29, 0.717) is 12.8 Å². The van der Waals surface area contributed by atoms with Crippen LogP contribution < -0.4 is 32.5 Å². The molecule has 3 aliphatic rings. The third-order valence-corrected chi connectivity index (χ3v) is 10.4. The number of nitrogens with zero attached hydrogens (tertiary/aromatic N) is 3. The number of allylic oxidation sites excluding steroid dienone is 1. The molecule has 2 aromatic carbocycles. The molecule has 1 aliphatic carbocycles. The molecule has 2 aromatic rings. The van der Waals surface area contributed by atoms with E-state index in [1.54, 1.807) is 19.1 Å². The summed E-state index contributed by atoms with van der Waals surface area (Å²) in [7, 11) is 0. The maximum atomic E-state index is 14.2. The molecule has 16 nitrogen and oxygen atoms in total. The Bertz CT molecular complexity index is 1800. The van der Waals surface area contributed by atoms with Gasteiger partial charge in [-0.15, -0.1) is 0 Å². The number of aliphatic imine (C=N–C) groups is 2. The number of guanidine groups is 1. The van der Waals surface area contributed by atoms with Gasteiger partial charge in [0.25, 0.3) is 0 Å². The molecule has 300 valence electrons. The molecule has 2 saturated heterocycles. The highest BCUT2D eigenvalue weighted by Crippen LogP contribution is 2.44. The molecular weight excluding hydrogens is 720 g/mol. The second kappa shape index (κ2) is 19.6. The molecule has 2 heterocycles. The van der Waals surface area contributed by atoms with Crippen molar-refractivity contribution in [3.05, 3.63) is 71.8 Å². The molecule has 0 bridgehead atoms. The number of carbonyl (C=O) groups is 5. The van der Waals surface area contributed by atoms with E-state index < -0.39 is 65.9 Å². The number of amides is 4. The van der Waals surface area contributed by atoms with Crippen LogP contribution in [0.25, 0.3) is 11.1 Å². The minimum atomic E-state index is -1.31.